The van der Waals surface area contributed by atoms with Crippen LogP contribution in [0.25, 0.3) is 0 Å². The Bertz CT molecular complexity index is 1160. The van der Waals surface area contributed by atoms with E-state index in [0.717, 1.165) is 45.8 Å². The number of hydrogen-bond donors (Lipinski definition) is 1. The Morgan fingerprint density at radius 1 is 0.543 bits per heavy atom. The maximum Gasteiger partial charge on any atom is 0.0463 e. The Hall–Kier alpha value is -3.04. The zero-order valence-corrected chi connectivity index (χ0v) is 22.4. The smallest absolute Gasteiger partial charge is 0.0463 e. The third kappa shape index (κ3) is 6.99. The van der Waals surface area contributed by atoms with Gasteiger partial charge in [0, 0.05) is 32.9 Å². The van der Waals surface area contributed by atoms with Crippen molar-refractivity contribution < 1.29 is 0 Å². The zero-order valence-electron chi connectivity index (χ0n) is 20.8. The van der Waals surface area contributed by atoms with Crippen LogP contribution in [0.3, 0.4) is 0 Å². The predicted molar refractivity (Wildman–Crippen MR) is 156 cm³/mol. The number of nitrogens with one attached hydrogen (secondary N) is 1. The second-order valence-electron chi connectivity index (χ2n) is 9.05. The summed E-state index contributed by atoms with van der Waals surface area (Å²) in [5.41, 5.74) is 8.43. The number of unbranched alkanes of at least 4 members (excludes halogenated alkanes) is 2. The molecule has 0 bridgehead atoms. The molecule has 0 aliphatic carbocycles. The zero-order chi connectivity index (χ0) is 24.5. The molecular weight excluding hydrogens is 492 g/mol. The molecule has 0 spiro atoms. The molecule has 35 heavy (non-hydrogen) atoms. The molecule has 4 aromatic carbocycles. The summed E-state index contributed by atoms with van der Waals surface area (Å²) in [5, 5.41) is 3.54. The molecule has 0 fully saturated rings. The summed E-state index contributed by atoms with van der Waals surface area (Å²) in [5.74, 6) is 0. The van der Waals surface area contributed by atoms with Crippen LogP contribution in [-0.2, 0) is 12.8 Å². The normalized spacial score (nSPS) is 10.8. The fourth-order valence-electron chi connectivity index (χ4n) is 4.23. The summed E-state index contributed by atoms with van der Waals surface area (Å²) in [4.78, 5) is 2.31. The van der Waals surface area contributed by atoms with Crippen LogP contribution >= 0.6 is 15.9 Å². The van der Waals surface area contributed by atoms with Crippen molar-refractivity contribution in [3.05, 3.63) is 113 Å². The summed E-state index contributed by atoms with van der Waals surface area (Å²) in [6.07, 6.45) is 7.20. The molecule has 1 N–H and O–H groups in total. The predicted octanol–water partition coefficient (Wildman–Crippen LogP) is 10.3. The molecule has 0 saturated heterocycles. The van der Waals surface area contributed by atoms with E-state index in [2.05, 4.69) is 137 Å². The molecule has 2 nitrogen and oxygen atoms in total. The van der Waals surface area contributed by atoms with Crippen LogP contribution in [-0.4, -0.2) is 0 Å². The highest BCUT2D eigenvalue weighted by Gasteiger charge is 2.12. The van der Waals surface area contributed by atoms with E-state index >= 15 is 0 Å². The Labute approximate surface area is 219 Å². The molecule has 0 radical (unpaired) electrons. The molecule has 0 aliphatic rings. The first-order valence-electron chi connectivity index (χ1n) is 12.8. The van der Waals surface area contributed by atoms with E-state index in [1.54, 1.807) is 0 Å². The van der Waals surface area contributed by atoms with Gasteiger partial charge in [-0.15, -0.1) is 0 Å². The lowest BCUT2D eigenvalue weighted by atomic mass is 10.1. The summed E-state index contributed by atoms with van der Waals surface area (Å²) in [6.45, 7) is 4.48. The van der Waals surface area contributed by atoms with Crippen molar-refractivity contribution in [2.45, 2.75) is 52.4 Å². The Morgan fingerprint density at radius 3 is 1.37 bits per heavy atom. The highest BCUT2D eigenvalue weighted by molar-refractivity contribution is 9.10. The molecule has 180 valence electrons. The number of benzene rings is 4. The largest absolute Gasteiger partial charge is 0.356 e. The topological polar surface area (TPSA) is 15.3 Å². The lowest BCUT2D eigenvalue weighted by molar-refractivity contribution is 0.795. The minimum Gasteiger partial charge on any atom is -0.356 e. The Kier molecular flexibility index (Phi) is 9.02. The number of halogens is 1. The van der Waals surface area contributed by atoms with E-state index in [1.807, 2.05) is 0 Å². The summed E-state index contributed by atoms with van der Waals surface area (Å²) in [6, 6.07) is 35.0. The molecule has 4 aromatic rings. The molecule has 0 amide bonds. The van der Waals surface area contributed by atoms with Crippen LogP contribution in [0.15, 0.2) is 102 Å². The van der Waals surface area contributed by atoms with Gasteiger partial charge >= 0.3 is 0 Å². The second kappa shape index (κ2) is 12.6. The van der Waals surface area contributed by atoms with Crippen LogP contribution in [0.2, 0.25) is 0 Å². The van der Waals surface area contributed by atoms with Gasteiger partial charge in [-0.1, -0.05) is 66.9 Å². The van der Waals surface area contributed by atoms with Crippen molar-refractivity contribution in [2.75, 3.05) is 10.2 Å². The van der Waals surface area contributed by atoms with E-state index in [1.165, 1.54) is 36.8 Å². The Balaban J connectivity index is 1.55. The molecule has 0 aromatic heterocycles. The maximum absolute atomic E-state index is 3.57. The van der Waals surface area contributed by atoms with Crippen LogP contribution in [0, 0.1) is 0 Å². The first kappa shape index (κ1) is 25.1. The lowest BCUT2D eigenvalue weighted by Gasteiger charge is -2.26. The summed E-state index contributed by atoms with van der Waals surface area (Å²) < 4.78 is 1.08. The van der Waals surface area contributed by atoms with Gasteiger partial charge in [-0.25, -0.2) is 0 Å². The molecule has 0 atom stereocenters. The van der Waals surface area contributed by atoms with Gasteiger partial charge in [-0.3, -0.25) is 0 Å². The van der Waals surface area contributed by atoms with Crippen LogP contribution in [0.1, 0.15) is 50.7 Å². The third-order valence-corrected chi connectivity index (χ3v) is 6.81. The van der Waals surface area contributed by atoms with Gasteiger partial charge in [0.2, 0.25) is 0 Å². The van der Waals surface area contributed by atoms with E-state index in [4.69, 9.17) is 0 Å². The average molecular weight is 528 g/mol. The minimum atomic E-state index is 1.08. The fourth-order valence-corrected chi connectivity index (χ4v) is 4.49. The van der Waals surface area contributed by atoms with E-state index in [-0.39, 0.29) is 0 Å². The second-order valence-corrected chi connectivity index (χ2v) is 9.97. The molecule has 0 unspecified atom stereocenters. The molecule has 0 heterocycles. The van der Waals surface area contributed by atoms with Gasteiger partial charge in [0.15, 0.2) is 0 Å². The molecule has 0 saturated carbocycles. The van der Waals surface area contributed by atoms with Gasteiger partial charge in [-0.2, -0.15) is 0 Å². The minimum absolute atomic E-state index is 1.08. The van der Waals surface area contributed by atoms with Crippen LogP contribution < -0.4 is 10.2 Å². The van der Waals surface area contributed by atoms with Gasteiger partial charge < -0.3 is 10.2 Å². The molecular formula is C32H35BrN2. The average Bonchev–Trinajstić information content (AvgIpc) is 2.90. The number of rotatable bonds is 11. The summed E-state index contributed by atoms with van der Waals surface area (Å²) >= 11 is 3.57. The van der Waals surface area contributed by atoms with Gasteiger partial charge in [0.1, 0.15) is 0 Å². The van der Waals surface area contributed by atoms with Crippen LogP contribution in [0.4, 0.5) is 28.4 Å². The van der Waals surface area contributed by atoms with Gasteiger partial charge in [-0.05, 0) is 110 Å². The molecule has 4 rings (SSSR count). The van der Waals surface area contributed by atoms with Crippen molar-refractivity contribution in [3.63, 3.8) is 0 Å². The molecule has 0 aliphatic heterocycles. The SMILES string of the molecule is CCCCc1ccc(Nc2ccc(N(c3ccc(Br)cc3)c3ccc(CCCC)cc3)cc2)cc1. The highest BCUT2D eigenvalue weighted by atomic mass is 79.9. The van der Waals surface area contributed by atoms with Gasteiger partial charge in [0.25, 0.3) is 0 Å². The quantitative estimate of drug-likeness (QED) is 0.209. The highest BCUT2D eigenvalue weighted by Crippen LogP contribution is 2.36. The maximum atomic E-state index is 3.57. The Morgan fingerprint density at radius 2 is 0.914 bits per heavy atom. The van der Waals surface area contributed by atoms with Crippen molar-refractivity contribution in [1.82, 2.24) is 0 Å². The van der Waals surface area contributed by atoms with Crippen molar-refractivity contribution in [1.29, 1.82) is 0 Å². The number of hydrogen-bond acceptors (Lipinski definition) is 2. The number of anilines is 5. The summed E-state index contributed by atoms with van der Waals surface area (Å²) in [7, 11) is 0. The van der Waals surface area contributed by atoms with Crippen molar-refractivity contribution >= 4 is 44.4 Å². The van der Waals surface area contributed by atoms with Crippen molar-refractivity contribution in [3.8, 4) is 0 Å². The standard InChI is InChI=1S/C32H35BrN2/c1-3-5-7-25-9-15-28(16-10-25)34-29-17-23-32(24-18-29)35(31-21-13-27(33)14-22-31)30-19-11-26(12-20-30)8-6-4-2/h9-24,34H,3-8H2,1-2H3. The van der Waals surface area contributed by atoms with Gasteiger partial charge in [0.05, 0.1) is 0 Å². The first-order chi connectivity index (χ1) is 17.2. The number of aryl methyl sites for hydroxylation is 2. The number of nitrogens with zero attached hydrogens (tertiary/aromatic N) is 1. The molecule has 3 heteroatoms. The van der Waals surface area contributed by atoms with E-state index in [0.29, 0.717) is 0 Å². The third-order valence-electron chi connectivity index (χ3n) is 6.29. The monoisotopic (exact) mass is 526 g/mol. The first-order valence-corrected chi connectivity index (χ1v) is 13.6. The fraction of sp³-hybridized carbons (Fsp3) is 0.250. The van der Waals surface area contributed by atoms with Crippen LogP contribution in [0.5, 0.6) is 0 Å². The van der Waals surface area contributed by atoms with Crippen molar-refractivity contribution in [2.24, 2.45) is 0 Å². The lowest BCUT2D eigenvalue weighted by Crippen LogP contribution is -2.10. The van der Waals surface area contributed by atoms with E-state index in [9.17, 15) is 0 Å². The van der Waals surface area contributed by atoms with E-state index < -0.39 is 0 Å².